The third kappa shape index (κ3) is 7.21. The van der Waals surface area contributed by atoms with E-state index in [0.717, 1.165) is 29.0 Å². The van der Waals surface area contributed by atoms with Crippen molar-refractivity contribution in [2.24, 2.45) is 0 Å². The Morgan fingerprint density at radius 1 is 1.15 bits per heavy atom. The Morgan fingerprint density at radius 2 is 1.85 bits per heavy atom. The number of rotatable bonds is 13. The van der Waals surface area contributed by atoms with Crippen molar-refractivity contribution in [3.63, 3.8) is 0 Å². The van der Waals surface area contributed by atoms with Crippen LogP contribution in [0, 0.1) is 5.41 Å². The van der Waals surface area contributed by atoms with E-state index >= 15 is 0 Å². The van der Waals surface area contributed by atoms with Crippen LogP contribution in [0.3, 0.4) is 0 Å². The second kappa shape index (κ2) is 13.2. The van der Waals surface area contributed by atoms with Crippen LogP contribution in [0.1, 0.15) is 94.2 Å². The minimum absolute atomic E-state index is 0.239. The quantitative estimate of drug-likeness (QED) is 0.0644. The Balaban J connectivity index is 1.63. The van der Waals surface area contributed by atoms with Gasteiger partial charge in [-0.2, -0.15) is 0 Å². The number of aliphatic hydroxyl groups excluding tert-OH is 1. The van der Waals surface area contributed by atoms with Gasteiger partial charge in [0.05, 0.1) is 59.9 Å². The fraction of sp³-hybridized carbons (Fsp3) is 0.457. The van der Waals surface area contributed by atoms with Crippen LogP contribution >= 0.6 is 0 Å². The van der Waals surface area contributed by atoms with Crippen LogP contribution in [-0.4, -0.2) is 64.8 Å². The summed E-state index contributed by atoms with van der Waals surface area (Å²) in [5.41, 5.74) is 9.52. The van der Waals surface area contributed by atoms with Crippen molar-refractivity contribution in [2.45, 2.75) is 97.4 Å². The van der Waals surface area contributed by atoms with E-state index < -0.39 is 17.7 Å². The van der Waals surface area contributed by atoms with Crippen molar-refractivity contribution in [1.82, 2.24) is 24.1 Å². The molecular formula is C35H47N7O4. The number of aromatic nitrogens is 5. The Morgan fingerprint density at radius 3 is 2.43 bits per heavy atom. The van der Waals surface area contributed by atoms with Gasteiger partial charge in [-0.15, -0.1) is 0 Å². The van der Waals surface area contributed by atoms with E-state index in [1.807, 2.05) is 9.13 Å². The average molecular weight is 630 g/mol. The summed E-state index contributed by atoms with van der Waals surface area (Å²) in [6, 6.07) is 5.13. The summed E-state index contributed by atoms with van der Waals surface area (Å²) in [5, 5.41) is 30.9. The van der Waals surface area contributed by atoms with Crippen molar-refractivity contribution in [2.75, 3.05) is 12.8 Å². The zero-order chi connectivity index (χ0) is 34.1. The topological polar surface area (TPSA) is 165 Å². The van der Waals surface area contributed by atoms with E-state index in [1.165, 1.54) is 7.11 Å². The van der Waals surface area contributed by atoms with Crippen molar-refractivity contribution >= 4 is 45.0 Å². The third-order valence-corrected chi connectivity index (χ3v) is 7.75. The number of pyridine rings is 1. The SMILES string of the molecule is C=CC(=C)c1c(C(=N)CCCCc2nc3c(N)nc4cc(C(=O)OC)ccc4c3n2CC(C)O)nc(C(C)(C)C)n1CC(C)(C)O. The third-order valence-electron chi connectivity index (χ3n) is 7.75. The zero-order valence-electron chi connectivity index (χ0n) is 28.1. The maximum atomic E-state index is 12.1. The van der Waals surface area contributed by atoms with E-state index in [9.17, 15) is 15.0 Å². The Kier molecular flexibility index (Phi) is 9.89. The average Bonchev–Trinajstić information content (AvgIpc) is 3.52. The molecule has 11 nitrogen and oxygen atoms in total. The normalized spacial score (nSPS) is 12.9. The molecule has 1 aromatic carbocycles. The highest BCUT2D eigenvalue weighted by Crippen LogP contribution is 2.32. The number of carbonyl (C=O) groups excluding carboxylic acids is 1. The first-order valence-corrected chi connectivity index (χ1v) is 15.5. The molecule has 0 saturated carbocycles. The molecule has 0 aliphatic heterocycles. The van der Waals surface area contributed by atoms with Crippen molar-refractivity contribution in [3.05, 3.63) is 66.0 Å². The van der Waals surface area contributed by atoms with Crippen molar-refractivity contribution < 1.29 is 19.7 Å². The van der Waals surface area contributed by atoms with Gasteiger partial charge in [0.2, 0.25) is 0 Å². The molecule has 0 saturated heterocycles. The van der Waals surface area contributed by atoms with Crippen LogP contribution in [0.2, 0.25) is 0 Å². The van der Waals surface area contributed by atoms with Gasteiger partial charge in [0.15, 0.2) is 5.82 Å². The summed E-state index contributed by atoms with van der Waals surface area (Å²) >= 11 is 0. The molecule has 0 amide bonds. The fourth-order valence-corrected chi connectivity index (χ4v) is 5.76. The fourth-order valence-electron chi connectivity index (χ4n) is 5.76. The first-order valence-electron chi connectivity index (χ1n) is 15.5. The maximum Gasteiger partial charge on any atom is 0.337 e. The molecule has 0 bridgehead atoms. The molecule has 5 N–H and O–H groups in total. The van der Waals surface area contributed by atoms with Crippen LogP contribution in [0.25, 0.3) is 27.5 Å². The number of hydrogen-bond acceptors (Lipinski definition) is 9. The number of benzene rings is 1. The number of esters is 1. The van der Waals surface area contributed by atoms with Gasteiger partial charge >= 0.3 is 5.97 Å². The Hall–Kier alpha value is -4.35. The second-order valence-corrected chi connectivity index (χ2v) is 13.6. The number of methoxy groups -OCH3 is 1. The number of anilines is 1. The van der Waals surface area contributed by atoms with E-state index in [4.69, 9.17) is 25.8 Å². The number of unbranched alkanes of at least 4 members (excludes halogenated alkanes) is 1. The number of aryl methyl sites for hydroxylation is 1. The van der Waals surface area contributed by atoms with Gasteiger partial charge in [-0.3, -0.25) is 0 Å². The van der Waals surface area contributed by atoms with Gasteiger partial charge < -0.3 is 35.2 Å². The molecule has 246 valence electrons. The lowest BCUT2D eigenvalue weighted by Crippen LogP contribution is -2.30. The first kappa shape index (κ1) is 34.5. The number of fused-ring (bicyclic) bond motifs is 3. The zero-order valence-corrected chi connectivity index (χ0v) is 28.1. The minimum Gasteiger partial charge on any atom is -0.465 e. The molecular weight excluding hydrogens is 582 g/mol. The van der Waals surface area contributed by atoms with Crippen molar-refractivity contribution in [1.29, 1.82) is 5.41 Å². The van der Waals surface area contributed by atoms with Crippen molar-refractivity contribution in [3.8, 4) is 0 Å². The summed E-state index contributed by atoms with van der Waals surface area (Å²) in [6.07, 6.45) is 3.49. The molecule has 11 heteroatoms. The summed E-state index contributed by atoms with van der Waals surface area (Å²) < 4.78 is 8.81. The summed E-state index contributed by atoms with van der Waals surface area (Å²) in [5.74, 6) is 1.30. The largest absolute Gasteiger partial charge is 0.465 e. The van der Waals surface area contributed by atoms with Gasteiger partial charge in [0.1, 0.15) is 22.9 Å². The molecule has 4 aromatic rings. The highest BCUT2D eigenvalue weighted by molar-refractivity contribution is 6.08. The number of nitrogens with one attached hydrogen (secondary N) is 1. The van der Waals surface area contributed by atoms with E-state index in [-0.39, 0.29) is 11.2 Å². The molecule has 1 unspecified atom stereocenters. The van der Waals surface area contributed by atoms with Gasteiger partial charge in [0, 0.05) is 17.2 Å². The molecule has 4 rings (SSSR count). The number of carbonyl (C=O) groups is 1. The molecule has 0 fully saturated rings. The van der Waals surface area contributed by atoms with Crippen LogP contribution in [0.15, 0.2) is 37.4 Å². The van der Waals surface area contributed by atoms with Crippen LogP contribution in [-0.2, 0) is 29.7 Å². The van der Waals surface area contributed by atoms with E-state index in [2.05, 4.69) is 38.9 Å². The predicted molar refractivity (Wildman–Crippen MR) is 183 cm³/mol. The number of nitrogens with two attached hydrogens (primary N) is 1. The van der Waals surface area contributed by atoms with Gasteiger partial charge in [-0.05, 0) is 63.8 Å². The van der Waals surface area contributed by atoms with E-state index in [0.29, 0.717) is 71.6 Å². The second-order valence-electron chi connectivity index (χ2n) is 13.6. The summed E-state index contributed by atoms with van der Waals surface area (Å²) in [6.45, 7) is 20.1. The van der Waals surface area contributed by atoms with Gasteiger partial charge in [-0.1, -0.05) is 40.0 Å². The van der Waals surface area contributed by atoms with E-state index in [1.54, 1.807) is 45.0 Å². The highest BCUT2D eigenvalue weighted by atomic mass is 16.5. The predicted octanol–water partition coefficient (Wildman–Crippen LogP) is 5.58. The molecule has 3 aromatic heterocycles. The van der Waals surface area contributed by atoms with Crippen LogP contribution < -0.4 is 5.73 Å². The number of allylic oxidation sites excluding steroid dienone is 2. The van der Waals surface area contributed by atoms with Gasteiger partial charge in [-0.25, -0.2) is 19.7 Å². The smallest absolute Gasteiger partial charge is 0.337 e. The number of nitrogens with zero attached hydrogens (tertiary/aromatic N) is 5. The van der Waals surface area contributed by atoms with Crippen LogP contribution in [0.4, 0.5) is 5.82 Å². The Labute approximate surface area is 270 Å². The summed E-state index contributed by atoms with van der Waals surface area (Å²) in [4.78, 5) is 26.4. The monoisotopic (exact) mass is 629 g/mol. The lowest BCUT2D eigenvalue weighted by molar-refractivity contribution is 0.0590. The number of nitrogen functional groups attached to an aromatic ring is 1. The number of ether oxygens (including phenoxy) is 1. The Bertz CT molecular complexity index is 1820. The molecule has 0 spiro atoms. The standard InChI is InChI=1S/C35H47N7O4/c1-10-20(2)29-27(40-33(34(4,5)6)42(29)19-35(7,8)45)24(36)13-11-12-14-26-39-28-30(41(26)18-21(3)43)23-16-15-22(32(44)46-9)17-25(23)38-31(28)37/h10,15-17,21,36,43,45H,1-2,11-14,18-19H2,3-9H3,(H2,37,38). The maximum absolute atomic E-state index is 12.1. The molecule has 3 heterocycles. The molecule has 0 aliphatic rings. The lowest BCUT2D eigenvalue weighted by Gasteiger charge is -2.26. The number of aliphatic hydroxyl groups is 2. The van der Waals surface area contributed by atoms with Crippen LogP contribution in [0.5, 0.6) is 0 Å². The molecule has 0 radical (unpaired) electrons. The highest BCUT2D eigenvalue weighted by Gasteiger charge is 2.30. The molecule has 0 aliphatic carbocycles. The number of hydrogen-bond donors (Lipinski definition) is 4. The number of imidazole rings is 2. The van der Waals surface area contributed by atoms with Gasteiger partial charge in [0.25, 0.3) is 0 Å². The minimum atomic E-state index is -0.998. The lowest BCUT2D eigenvalue weighted by atomic mass is 9.95. The first-order chi connectivity index (χ1) is 21.5. The summed E-state index contributed by atoms with van der Waals surface area (Å²) in [7, 11) is 1.33. The molecule has 1 atom stereocenters. The molecule has 46 heavy (non-hydrogen) atoms.